The second-order valence-corrected chi connectivity index (χ2v) is 4.12. The zero-order valence-electron chi connectivity index (χ0n) is 9.30. The highest BCUT2D eigenvalue weighted by atomic mass is 35.5. The van der Waals surface area contributed by atoms with Gasteiger partial charge in [-0.1, -0.05) is 23.7 Å². The first-order valence-electron chi connectivity index (χ1n) is 5.39. The molecule has 0 spiro atoms. The predicted octanol–water partition coefficient (Wildman–Crippen LogP) is 3.15. The van der Waals surface area contributed by atoms with E-state index in [1.165, 1.54) is 0 Å². The fourth-order valence-corrected chi connectivity index (χ4v) is 1.78. The van der Waals surface area contributed by atoms with Gasteiger partial charge in [0.1, 0.15) is 11.9 Å². The van der Waals surface area contributed by atoms with E-state index in [9.17, 15) is 0 Å². The summed E-state index contributed by atoms with van der Waals surface area (Å²) in [5.74, 6) is 0.745. The summed E-state index contributed by atoms with van der Waals surface area (Å²) in [6.07, 6.45) is 1.39. The third-order valence-corrected chi connectivity index (χ3v) is 2.65. The number of hydrogen-bond donors (Lipinski definition) is 1. The molecular formula is C13H14ClNO2. The lowest BCUT2D eigenvalue weighted by Crippen LogP contribution is -2.15. The molecule has 3 nitrogen and oxygen atoms in total. The Hall–Kier alpha value is -1.29. The lowest BCUT2D eigenvalue weighted by Gasteiger charge is -2.13. The van der Waals surface area contributed by atoms with Crippen LogP contribution in [0.2, 0.25) is 5.02 Å². The molecule has 2 aromatic rings. The van der Waals surface area contributed by atoms with Crippen molar-refractivity contribution in [2.75, 3.05) is 6.54 Å². The molecule has 0 saturated heterocycles. The van der Waals surface area contributed by atoms with Crippen LogP contribution < -0.4 is 5.73 Å². The Balaban J connectivity index is 1.97. The van der Waals surface area contributed by atoms with Crippen LogP contribution >= 0.6 is 11.6 Å². The van der Waals surface area contributed by atoms with Gasteiger partial charge < -0.3 is 14.9 Å². The summed E-state index contributed by atoms with van der Waals surface area (Å²) in [5, 5.41) is 0.702. The highest BCUT2D eigenvalue weighted by molar-refractivity contribution is 6.30. The van der Waals surface area contributed by atoms with Gasteiger partial charge in [-0.05, 0) is 29.8 Å². The largest absolute Gasteiger partial charge is 0.467 e. The lowest BCUT2D eigenvalue weighted by atomic mass is 10.2. The Labute approximate surface area is 105 Å². The Morgan fingerprint density at radius 3 is 2.82 bits per heavy atom. The van der Waals surface area contributed by atoms with Crippen molar-refractivity contribution >= 4 is 11.6 Å². The normalized spacial score (nSPS) is 12.6. The standard InChI is InChI=1S/C13H14ClNO2/c14-11-4-1-3-10(7-11)9-17-13(8-15)12-5-2-6-16-12/h1-7,13H,8-9,15H2. The molecule has 1 aromatic carbocycles. The van der Waals surface area contributed by atoms with E-state index < -0.39 is 0 Å². The molecule has 1 atom stereocenters. The third-order valence-electron chi connectivity index (χ3n) is 2.41. The molecule has 1 heterocycles. The molecule has 0 aliphatic heterocycles. The second-order valence-electron chi connectivity index (χ2n) is 3.68. The molecule has 0 fully saturated rings. The van der Waals surface area contributed by atoms with Gasteiger partial charge >= 0.3 is 0 Å². The molecule has 0 amide bonds. The van der Waals surface area contributed by atoms with Crippen molar-refractivity contribution < 1.29 is 9.15 Å². The van der Waals surface area contributed by atoms with Gasteiger partial charge in [0.2, 0.25) is 0 Å². The Morgan fingerprint density at radius 1 is 1.29 bits per heavy atom. The quantitative estimate of drug-likeness (QED) is 0.888. The van der Waals surface area contributed by atoms with Gasteiger partial charge in [0, 0.05) is 11.6 Å². The van der Waals surface area contributed by atoms with Crippen molar-refractivity contribution in [1.82, 2.24) is 0 Å². The van der Waals surface area contributed by atoms with Crippen LogP contribution in [-0.4, -0.2) is 6.54 Å². The maximum absolute atomic E-state index is 5.89. The molecule has 1 unspecified atom stereocenters. The Bertz CT molecular complexity index is 456. The summed E-state index contributed by atoms with van der Waals surface area (Å²) < 4.78 is 11.0. The van der Waals surface area contributed by atoms with E-state index >= 15 is 0 Å². The summed E-state index contributed by atoms with van der Waals surface area (Å²) >= 11 is 5.89. The van der Waals surface area contributed by atoms with Gasteiger partial charge in [-0.3, -0.25) is 0 Å². The first kappa shape index (κ1) is 12.2. The Morgan fingerprint density at radius 2 is 2.18 bits per heavy atom. The smallest absolute Gasteiger partial charge is 0.133 e. The highest BCUT2D eigenvalue weighted by Crippen LogP contribution is 2.19. The van der Waals surface area contributed by atoms with Crippen molar-refractivity contribution in [2.24, 2.45) is 5.73 Å². The van der Waals surface area contributed by atoms with Gasteiger partial charge in [0.05, 0.1) is 12.9 Å². The number of halogens is 1. The van der Waals surface area contributed by atoms with Gasteiger partial charge in [0.15, 0.2) is 0 Å². The zero-order chi connectivity index (χ0) is 12.1. The maximum Gasteiger partial charge on any atom is 0.133 e. The van der Waals surface area contributed by atoms with Gasteiger partial charge in [0.25, 0.3) is 0 Å². The molecule has 0 bridgehead atoms. The number of ether oxygens (including phenoxy) is 1. The molecule has 2 rings (SSSR count). The molecule has 0 saturated carbocycles. The SMILES string of the molecule is NCC(OCc1cccc(Cl)c1)c1ccco1. The van der Waals surface area contributed by atoms with E-state index in [4.69, 9.17) is 26.5 Å². The second kappa shape index (κ2) is 5.87. The first-order valence-corrected chi connectivity index (χ1v) is 5.77. The number of rotatable bonds is 5. The Kier molecular flexibility index (Phi) is 4.20. The lowest BCUT2D eigenvalue weighted by molar-refractivity contribution is 0.0314. The van der Waals surface area contributed by atoms with Crippen LogP contribution in [-0.2, 0) is 11.3 Å². The number of hydrogen-bond acceptors (Lipinski definition) is 3. The van der Waals surface area contributed by atoms with Crippen LogP contribution in [0.15, 0.2) is 47.1 Å². The highest BCUT2D eigenvalue weighted by Gasteiger charge is 2.12. The van der Waals surface area contributed by atoms with Crippen LogP contribution in [0, 0.1) is 0 Å². The molecule has 1 aromatic heterocycles. The van der Waals surface area contributed by atoms with Crippen molar-refractivity contribution in [3.05, 3.63) is 59.0 Å². The van der Waals surface area contributed by atoms with Crippen LogP contribution in [0.5, 0.6) is 0 Å². The van der Waals surface area contributed by atoms with Crippen molar-refractivity contribution in [3.63, 3.8) is 0 Å². The summed E-state index contributed by atoms with van der Waals surface area (Å²) in [6, 6.07) is 11.2. The monoisotopic (exact) mass is 251 g/mol. The topological polar surface area (TPSA) is 48.4 Å². The molecule has 17 heavy (non-hydrogen) atoms. The van der Waals surface area contributed by atoms with E-state index in [0.717, 1.165) is 11.3 Å². The number of nitrogens with two attached hydrogens (primary N) is 1. The predicted molar refractivity (Wildman–Crippen MR) is 66.7 cm³/mol. The molecule has 0 aliphatic rings. The molecule has 0 aliphatic carbocycles. The maximum atomic E-state index is 5.89. The molecular weight excluding hydrogens is 238 g/mol. The molecule has 90 valence electrons. The van der Waals surface area contributed by atoms with Gasteiger partial charge in [-0.2, -0.15) is 0 Å². The van der Waals surface area contributed by atoms with E-state index in [0.29, 0.717) is 18.2 Å². The summed E-state index contributed by atoms with van der Waals surface area (Å²) in [4.78, 5) is 0. The third kappa shape index (κ3) is 3.33. The van der Waals surface area contributed by atoms with E-state index in [1.54, 1.807) is 6.26 Å². The minimum Gasteiger partial charge on any atom is -0.467 e. The summed E-state index contributed by atoms with van der Waals surface area (Å²) in [5.41, 5.74) is 6.66. The fourth-order valence-electron chi connectivity index (χ4n) is 1.56. The van der Waals surface area contributed by atoms with E-state index in [1.807, 2.05) is 36.4 Å². The summed E-state index contributed by atoms with van der Waals surface area (Å²) in [6.45, 7) is 0.844. The summed E-state index contributed by atoms with van der Waals surface area (Å²) in [7, 11) is 0. The van der Waals surface area contributed by atoms with Crippen LogP contribution in [0.1, 0.15) is 17.4 Å². The molecule has 4 heteroatoms. The fraction of sp³-hybridized carbons (Fsp3) is 0.231. The minimum absolute atomic E-state index is 0.219. The van der Waals surface area contributed by atoms with Crippen LogP contribution in [0.3, 0.4) is 0 Å². The van der Waals surface area contributed by atoms with Crippen molar-refractivity contribution in [2.45, 2.75) is 12.7 Å². The van der Waals surface area contributed by atoms with Gasteiger partial charge in [-0.25, -0.2) is 0 Å². The van der Waals surface area contributed by atoms with Crippen LogP contribution in [0.4, 0.5) is 0 Å². The van der Waals surface area contributed by atoms with Gasteiger partial charge in [-0.15, -0.1) is 0 Å². The van der Waals surface area contributed by atoms with Crippen molar-refractivity contribution in [1.29, 1.82) is 0 Å². The molecule has 2 N–H and O–H groups in total. The minimum atomic E-state index is -0.219. The van der Waals surface area contributed by atoms with Crippen LogP contribution in [0.25, 0.3) is 0 Å². The zero-order valence-corrected chi connectivity index (χ0v) is 10.1. The van der Waals surface area contributed by atoms with E-state index in [2.05, 4.69) is 0 Å². The number of benzene rings is 1. The average molecular weight is 252 g/mol. The first-order chi connectivity index (χ1) is 8.29. The number of furan rings is 1. The van der Waals surface area contributed by atoms with E-state index in [-0.39, 0.29) is 6.10 Å². The van der Waals surface area contributed by atoms with Crippen molar-refractivity contribution in [3.8, 4) is 0 Å². The average Bonchev–Trinajstić information content (AvgIpc) is 2.84. The molecule has 0 radical (unpaired) electrons.